The Hall–Kier alpha value is -2.02. The van der Waals surface area contributed by atoms with Crippen LogP contribution in [0.2, 0.25) is 0 Å². The van der Waals surface area contributed by atoms with Crippen molar-refractivity contribution < 1.29 is 9.59 Å². The fraction of sp³-hybridized carbons (Fsp3) is 0.471. The molecule has 0 fully saturated rings. The molecule has 0 aromatic heterocycles. The molecule has 1 heterocycles. The summed E-state index contributed by atoms with van der Waals surface area (Å²) >= 11 is 1.85. The first-order valence-corrected chi connectivity index (χ1v) is 9.47. The average molecular weight is 348 g/mol. The van der Waals surface area contributed by atoms with E-state index in [0.29, 0.717) is 30.2 Å². The van der Waals surface area contributed by atoms with Gasteiger partial charge >= 0.3 is 0 Å². The summed E-state index contributed by atoms with van der Waals surface area (Å²) in [6, 6.07) is 6.93. The summed E-state index contributed by atoms with van der Waals surface area (Å²) in [7, 11) is 1.71. The second-order valence-corrected chi connectivity index (χ2v) is 6.42. The number of aliphatic imine (C=N–C) groups is 1. The highest BCUT2D eigenvalue weighted by Gasteiger charge is 2.34. The second kappa shape index (κ2) is 9.32. The maximum atomic E-state index is 12.3. The van der Waals surface area contributed by atoms with Crippen LogP contribution in [0.1, 0.15) is 33.6 Å². The first-order chi connectivity index (χ1) is 11.7. The van der Waals surface area contributed by atoms with Crippen LogP contribution in [0.3, 0.4) is 0 Å². The van der Waals surface area contributed by atoms with E-state index in [1.165, 1.54) is 11.3 Å². The summed E-state index contributed by atoms with van der Waals surface area (Å²) in [5.74, 6) is 1.40. The van der Waals surface area contributed by atoms with Gasteiger partial charge in [-0.05, 0) is 37.0 Å². The molecule has 0 bridgehead atoms. The molecule has 2 rings (SSSR count). The van der Waals surface area contributed by atoms with Gasteiger partial charge < -0.3 is 10.6 Å². The number of benzene rings is 1. The Morgan fingerprint density at radius 1 is 1.08 bits per heavy atom. The first kappa shape index (κ1) is 18.3. The van der Waals surface area contributed by atoms with Gasteiger partial charge in [-0.15, -0.1) is 0 Å². The van der Waals surface area contributed by atoms with E-state index in [9.17, 15) is 9.59 Å². The number of guanidine groups is 1. The van der Waals surface area contributed by atoms with Crippen LogP contribution in [0.5, 0.6) is 0 Å². The van der Waals surface area contributed by atoms with Crippen molar-refractivity contribution in [3.63, 3.8) is 0 Å². The zero-order valence-corrected chi connectivity index (χ0v) is 15.0. The Morgan fingerprint density at radius 3 is 2.29 bits per heavy atom. The lowest BCUT2D eigenvalue weighted by Gasteiger charge is -2.16. The van der Waals surface area contributed by atoms with Gasteiger partial charge in [-0.1, -0.05) is 12.1 Å². The van der Waals surface area contributed by atoms with Crippen molar-refractivity contribution in [1.82, 2.24) is 15.5 Å². The minimum absolute atomic E-state index is 0.225. The van der Waals surface area contributed by atoms with Gasteiger partial charge in [0.15, 0.2) is 5.96 Å². The zero-order chi connectivity index (χ0) is 17.4. The Morgan fingerprint density at radius 2 is 1.71 bits per heavy atom. The van der Waals surface area contributed by atoms with E-state index < -0.39 is 0 Å². The third kappa shape index (κ3) is 4.50. The molecule has 24 heavy (non-hydrogen) atoms. The van der Waals surface area contributed by atoms with E-state index in [-0.39, 0.29) is 11.8 Å². The SMILES string of the molecule is CN=C(NCCCCSC)NCCN1C(=O)c2ccccc2C1=O. The largest absolute Gasteiger partial charge is 0.356 e. The number of carbonyl (C=O) groups is 2. The molecule has 0 unspecified atom stereocenters. The van der Waals surface area contributed by atoms with Crippen molar-refractivity contribution in [1.29, 1.82) is 0 Å². The van der Waals surface area contributed by atoms with Gasteiger partial charge in [0.1, 0.15) is 0 Å². The number of fused-ring (bicyclic) bond motifs is 1. The number of hydrogen-bond acceptors (Lipinski definition) is 4. The van der Waals surface area contributed by atoms with Crippen LogP contribution in [0.25, 0.3) is 0 Å². The molecule has 0 saturated heterocycles. The predicted molar refractivity (Wildman–Crippen MR) is 98.8 cm³/mol. The van der Waals surface area contributed by atoms with Gasteiger partial charge in [0.25, 0.3) is 11.8 Å². The van der Waals surface area contributed by atoms with Crippen molar-refractivity contribution in [2.24, 2.45) is 4.99 Å². The number of nitrogens with one attached hydrogen (secondary N) is 2. The van der Waals surface area contributed by atoms with Gasteiger partial charge in [-0.25, -0.2) is 0 Å². The van der Waals surface area contributed by atoms with Crippen molar-refractivity contribution in [3.8, 4) is 0 Å². The molecule has 0 radical (unpaired) electrons. The first-order valence-electron chi connectivity index (χ1n) is 8.07. The molecule has 1 aliphatic rings. The van der Waals surface area contributed by atoms with Gasteiger partial charge in [0.2, 0.25) is 0 Å². The van der Waals surface area contributed by atoms with Crippen molar-refractivity contribution >= 4 is 29.5 Å². The van der Waals surface area contributed by atoms with Gasteiger partial charge in [-0.2, -0.15) is 11.8 Å². The normalized spacial score (nSPS) is 14.1. The lowest BCUT2D eigenvalue weighted by atomic mass is 10.1. The topological polar surface area (TPSA) is 73.8 Å². The summed E-state index contributed by atoms with van der Waals surface area (Å²) in [4.78, 5) is 29.9. The third-order valence-electron chi connectivity index (χ3n) is 3.80. The van der Waals surface area contributed by atoms with Gasteiger partial charge in [-0.3, -0.25) is 19.5 Å². The summed E-state index contributed by atoms with van der Waals surface area (Å²) in [5.41, 5.74) is 0.970. The molecule has 0 spiro atoms. The number of rotatable bonds is 8. The van der Waals surface area contributed by atoms with Crippen molar-refractivity contribution in [2.75, 3.05) is 38.7 Å². The summed E-state index contributed by atoms with van der Waals surface area (Å²) in [5, 5.41) is 6.38. The Kier molecular flexibility index (Phi) is 7.11. The fourth-order valence-corrected chi connectivity index (χ4v) is 3.02. The van der Waals surface area contributed by atoms with Crippen molar-refractivity contribution in [3.05, 3.63) is 35.4 Å². The van der Waals surface area contributed by atoms with Crippen LogP contribution in [-0.4, -0.2) is 61.4 Å². The number of hydrogen-bond donors (Lipinski definition) is 2. The highest BCUT2D eigenvalue weighted by Crippen LogP contribution is 2.21. The fourth-order valence-electron chi connectivity index (χ4n) is 2.53. The smallest absolute Gasteiger partial charge is 0.261 e. The Bertz CT molecular complexity index is 583. The van der Waals surface area contributed by atoms with E-state index in [2.05, 4.69) is 21.9 Å². The number of nitrogens with zero attached hydrogens (tertiary/aromatic N) is 2. The molecule has 0 aliphatic carbocycles. The molecular formula is C17H24N4O2S. The van der Waals surface area contributed by atoms with Crippen LogP contribution in [0.4, 0.5) is 0 Å². The third-order valence-corrected chi connectivity index (χ3v) is 4.49. The number of thioether (sulfide) groups is 1. The molecule has 2 N–H and O–H groups in total. The van der Waals surface area contributed by atoms with E-state index in [1.54, 1.807) is 31.3 Å². The van der Waals surface area contributed by atoms with Crippen LogP contribution in [0, 0.1) is 0 Å². The molecule has 0 saturated carbocycles. The molecule has 1 aromatic carbocycles. The number of amides is 2. The quantitative estimate of drug-likeness (QED) is 0.323. The maximum absolute atomic E-state index is 12.3. The summed E-state index contributed by atoms with van der Waals surface area (Å²) in [6.45, 7) is 1.64. The monoisotopic (exact) mass is 348 g/mol. The highest BCUT2D eigenvalue weighted by molar-refractivity contribution is 7.98. The minimum atomic E-state index is -0.225. The molecular weight excluding hydrogens is 324 g/mol. The molecule has 1 aliphatic heterocycles. The molecule has 6 nitrogen and oxygen atoms in total. The zero-order valence-electron chi connectivity index (χ0n) is 14.2. The number of carbonyl (C=O) groups excluding carboxylic acids is 2. The molecule has 0 atom stereocenters. The van der Waals surface area contributed by atoms with E-state index in [0.717, 1.165) is 18.7 Å². The maximum Gasteiger partial charge on any atom is 0.261 e. The molecule has 7 heteroatoms. The lowest BCUT2D eigenvalue weighted by Crippen LogP contribution is -2.43. The van der Waals surface area contributed by atoms with E-state index in [4.69, 9.17) is 0 Å². The number of imide groups is 1. The lowest BCUT2D eigenvalue weighted by molar-refractivity contribution is 0.0657. The standard InChI is InChI=1S/C17H24N4O2S/c1-18-17(19-9-5-6-12-24-2)20-10-11-21-15(22)13-7-3-4-8-14(13)16(21)23/h3-4,7-8H,5-6,9-12H2,1-2H3,(H2,18,19,20). The molecule has 2 amide bonds. The summed E-state index contributed by atoms with van der Waals surface area (Å²) in [6.07, 6.45) is 4.35. The van der Waals surface area contributed by atoms with E-state index >= 15 is 0 Å². The average Bonchev–Trinajstić information content (AvgIpc) is 2.85. The number of unbranched alkanes of at least 4 members (excludes halogenated alkanes) is 1. The Labute approximate surface area is 147 Å². The molecule has 1 aromatic rings. The van der Waals surface area contributed by atoms with E-state index in [1.807, 2.05) is 11.8 Å². The Balaban J connectivity index is 1.76. The second-order valence-electron chi connectivity index (χ2n) is 5.43. The van der Waals surface area contributed by atoms with Crippen LogP contribution < -0.4 is 10.6 Å². The predicted octanol–water partition coefficient (Wildman–Crippen LogP) is 1.59. The molecule has 130 valence electrons. The van der Waals surface area contributed by atoms with Crippen LogP contribution in [-0.2, 0) is 0 Å². The highest BCUT2D eigenvalue weighted by atomic mass is 32.2. The van der Waals surface area contributed by atoms with Gasteiger partial charge in [0.05, 0.1) is 11.1 Å². The summed E-state index contributed by atoms with van der Waals surface area (Å²) < 4.78 is 0. The minimum Gasteiger partial charge on any atom is -0.356 e. The van der Waals surface area contributed by atoms with Crippen molar-refractivity contribution in [2.45, 2.75) is 12.8 Å². The van der Waals surface area contributed by atoms with Gasteiger partial charge in [0, 0.05) is 26.7 Å². The van der Waals surface area contributed by atoms with Crippen LogP contribution >= 0.6 is 11.8 Å². The van der Waals surface area contributed by atoms with Crippen LogP contribution in [0.15, 0.2) is 29.3 Å².